The fourth-order valence-corrected chi connectivity index (χ4v) is 5.53. The van der Waals surface area contributed by atoms with Crippen LogP contribution < -0.4 is 9.47 Å². The van der Waals surface area contributed by atoms with Gasteiger partial charge in [0.2, 0.25) is 0 Å². The van der Waals surface area contributed by atoms with Crippen molar-refractivity contribution in [3.63, 3.8) is 0 Å². The van der Waals surface area contributed by atoms with E-state index in [9.17, 15) is 9.59 Å². The number of allylic oxidation sites excluding steroid dienone is 2. The van der Waals surface area contributed by atoms with Crippen molar-refractivity contribution < 1.29 is 34.7 Å². The standard InChI is InChI=1S/C30H31IO8/c1-22(2)24-10-14-27(15-11-24)34-18-20-36-29(32)38-31(26-8-6-5-7-9-26)39-30(33)37-21-19-35-28-16-12-25(13-17-28)23(3)4/h5-17H,1,3,18-21H2,2,4H3. The van der Waals surface area contributed by atoms with E-state index in [1.165, 1.54) is 0 Å². The van der Waals surface area contributed by atoms with Gasteiger partial charge in [0.1, 0.15) is 0 Å². The van der Waals surface area contributed by atoms with Gasteiger partial charge in [-0.15, -0.1) is 0 Å². The number of halogens is 1. The van der Waals surface area contributed by atoms with Gasteiger partial charge in [-0.3, -0.25) is 0 Å². The number of benzene rings is 3. The SMILES string of the molecule is C=C(C)c1ccc(OCCOC(=O)OI(OC(=O)OCCOc2ccc(C(=C)C)cc2)c2ccccc2)cc1. The second-order valence-electron chi connectivity index (χ2n) is 8.17. The molecule has 0 fully saturated rings. The van der Waals surface area contributed by atoms with Crippen LogP contribution in [0.25, 0.3) is 11.1 Å². The van der Waals surface area contributed by atoms with Crippen molar-refractivity contribution in [3.05, 3.63) is 107 Å². The van der Waals surface area contributed by atoms with Crippen LogP contribution in [0, 0.1) is 3.57 Å². The maximum atomic E-state index is 12.3. The van der Waals surface area contributed by atoms with Crippen molar-refractivity contribution in [2.45, 2.75) is 13.8 Å². The quantitative estimate of drug-likeness (QED) is 0.106. The Kier molecular flexibility index (Phi) is 11.7. The summed E-state index contributed by atoms with van der Waals surface area (Å²) in [6.45, 7) is 11.8. The normalized spacial score (nSPS) is 10.6. The Hall–Kier alpha value is -3.99. The van der Waals surface area contributed by atoms with E-state index in [2.05, 4.69) is 13.2 Å². The number of rotatable bonds is 13. The summed E-state index contributed by atoms with van der Waals surface area (Å²) in [5, 5.41) is 0. The van der Waals surface area contributed by atoms with Crippen molar-refractivity contribution in [1.29, 1.82) is 0 Å². The summed E-state index contributed by atoms with van der Waals surface area (Å²) in [6, 6.07) is 23.6. The molecule has 0 radical (unpaired) electrons. The summed E-state index contributed by atoms with van der Waals surface area (Å²) in [4.78, 5) is 24.6. The number of carbonyl (C=O) groups excluding carboxylic acids is 2. The monoisotopic (exact) mass is 646 g/mol. The van der Waals surface area contributed by atoms with Crippen LogP contribution in [-0.4, -0.2) is 38.7 Å². The fourth-order valence-electron chi connectivity index (χ4n) is 3.02. The summed E-state index contributed by atoms with van der Waals surface area (Å²) in [5.74, 6) is 1.27. The first-order valence-corrected chi connectivity index (χ1v) is 14.9. The third-order valence-corrected chi connectivity index (χ3v) is 8.27. The summed E-state index contributed by atoms with van der Waals surface area (Å²) >= 11 is -3.22. The first-order chi connectivity index (χ1) is 18.8. The molecular weight excluding hydrogens is 615 g/mol. The van der Waals surface area contributed by atoms with Crippen LogP contribution in [0.4, 0.5) is 9.59 Å². The molecule has 8 nitrogen and oxygen atoms in total. The topological polar surface area (TPSA) is 89.5 Å². The van der Waals surface area contributed by atoms with Gasteiger partial charge in [0.05, 0.1) is 0 Å². The fraction of sp³-hybridized carbons (Fsp3) is 0.200. The van der Waals surface area contributed by atoms with Gasteiger partial charge in [0, 0.05) is 0 Å². The minimum atomic E-state index is -3.22. The third kappa shape index (κ3) is 10.4. The second-order valence-corrected chi connectivity index (χ2v) is 11.5. The van der Waals surface area contributed by atoms with E-state index in [1.54, 1.807) is 30.3 Å². The molecule has 3 aromatic rings. The van der Waals surface area contributed by atoms with E-state index in [4.69, 9.17) is 25.1 Å². The van der Waals surface area contributed by atoms with Gasteiger partial charge in [-0.05, 0) is 0 Å². The average Bonchev–Trinajstić information content (AvgIpc) is 2.94. The van der Waals surface area contributed by atoms with Gasteiger partial charge < -0.3 is 0 Å². The first-order valence-electron chi connectivity index (χ1n) is 12.0. The molecule has 0 aliphatic rings. The second kappa shape index (κ2) is 15.4. The molecule has 0 aliphatic carbocycles. The molecule has 3 rings (SSSR count). The molecule has 0 unspecified atom stereocenters. The zero-order valence-corrected chi connectivity index (χ0v) is 24.0. The Morgan fingerprint density at radius 3 is 1.41 bits per heavy atom. The maximum absolute atomic E-state index is 12.3. The zero-order valence-electron chi connectivity index (χ0n) is 21.9. The van der Waals surface area contributed by atoms with Crippen LogP contribution in [0.3, 0.4) is 0 Å². The van der Waals surface area contributed by atoms with Crippen molar-refractivity contribution in [3.8, 4) is 11.5 Å². The van der Waals surface area contributed by atoms with E-state index in [-0.39, 0.29) is 26.4 Å². The van der Waals surface area contributed by atoms with E-state index in [0.29, 0.717) is 15.1 Å². The van der Waals surface area contributed by atoms with Gasteiger partial charge in [0.25, 0.3) is 0 Å². The molecule has 39 heavy (non-hydrogen) atoms. The zero-order chi connectivity index (χ0) is 28.0. The number of ether oxygens (including phenoxy) is 4. The van der Waals surface area contributed by atoms with E-state index < -0.39 is 33.0 Å². The van der Waals surface area contributed by atoms with Crippen molar-refractivity contribution in [2.24, 2.45) is 0 Å². The number of hydrogen-bond acceptors (Lipinski definition) is 8. The molecule has 3 aromatic carbocycles. The molecular formula is C30H31IO8. The molecule has 0 saturated carbocycles. The average molecular weight is 646 g/mol. The van der Waals surface area contributed by atoms with Gasteiger partial charge in [-0.1, -0.05) is 0 Å². The number of hydrogen-bond donors (Lipinski definition) is 0. The molecule has 0 saturated heterocycles. The van der Waals surface area contributed by atoms with Gasteiger partial charge >= 0.3 is 237 Å². The van der Waals surface area contributed by atoms with Crippen molar-refractivity contribution in [2.75, 3.05) is 26.4 Å². The Bertz CT molecular complexity index is 1160. The van der Waals surface area contributed by atoms with Crippen LogP contribution in [0.2, 0.25) is 0 Å². The Morgan fingerprint density at radius 1 is 0.615 bits per heavy atom. The van der Waals surface area contributed by atoms with Crippen LogP contribution in [0.15, 0.2) is 92.0 Å². The van der Waals surface area contributed by atoms with E-state index in [1.807, 2.05) is 62.4 Å². The molecule has 0 bridgehead atoms. The molecule has 0 heterocycles. The molecule has 0 aliphatic heterocycles. The Labute approximate surface area is 236 Å². The molecule has 0 spiro atoms. The van der Waals surface area contributed by atoms with Crippen molar-refractivity contribution >= 4 is 44.1 Å². The van der Waals surface area contributed by atoms with Gasteiger partial charge in [0.15, 0.2) is 0 Å². The molecule has 0 N–H and O–H groups in total. The Morgan fingerprint density at radius 2 is 1.03 bits per heavy atom. The number of carbonyl (C=O) groups is 2. The van der Waals surface area contributed by atoms with Gasteiger partial charge in [-0.2, -0.15) is 0 Å². The minimum absolute atomic E-state index is 0.0466. The third-order valence-electron chi connectivity index (χ3n) is 5.02. The summed E-state index contributed by atoms with van der Waals surface area (Å²) in [5.41, 5.74) is 3.93. The van der Waals surface area contributed by atoms with E-state index in [0.717, 1.165) is 22.3 Å². The summed E-state index contributed by atoms with van der Waals surface area (Å²) in [6.07, 6.45) is -1.92. The van der Waals surface area contributed by atoms with E-state index >= 15 is 0 Å². The van der Waals surface area contributed by atoms with Crippen LogP contribution in [0.5, 0.6) is 11.5 Å². The molecule has 206 valence electrons. The summed E-state index contributed by atoms with van der Waals surface area (Å²) < 4.78 is 32.7. The molecule has 0 aromatic heterocycles. The summed E-state index contributed by atoms with van der Waals surface area (Å²) in [7, 11) is 0. The molecule has 9 heteroatoms. The predicted molar refractivity (Wildman–Crippen MR) is 157 cm³/mol. The molecule has 0 amide bonds. The van der Waals surface area contributed by atoms with Crippen LogP contribution >= 0.6 is 20.6 Å². The van der Waals surface area contributed by atoms with Crippen molar-refractivity contribution in [1.82, 2.24) is 0 Å². The Balaban J connectivity index is 1.42. The van der Waals surface area contributed by atoms with Crippen LogP contribution in [0.1, 0.15) is 25.0 Å². The van der Waals surface area contributed by atoms with Gasteiger partial charge in [-0.25, -0.2) is 0 Å². The van der Waals surface area contributed by atoms with Crippen LogP contribution in [-0.2, 0) is 15.6 Å². The predicted octanol–water partition coefficient (Wildman–Crippen LogP) is 7.72. The molecule has 0 atom stereocenters. The first kappa shape index (κ1) is 29.6.